The molecule has 8 heteroatoms. The summed E-state index contributed by atoms with van der Waals surface area (Å²) in [6, 6.07) is 6.27. The Hall–Kier alpha value is -2.35. The first-order chi connectivity index (χ1) is 9.31. The van der Waals surface area contributed by atoms with E-state index in [-0.39, 0.29) is 10.7 Å². The number of aromatic nitrogens is 2. The first kappa shape index (κ1) is 14.1. The average Bonchev–Trinajstić information content (AvgIpc) is 2.69. The molecule has 0 aliphatic heterocycles. The Bertz CT molecular complexity index is 727. The van der Waals surface area contributed by atoms with E-state index in [2.05, 4.69) is 14.9 Å². The van der Waals surface area contributed by atoms with E-state index in [0.717, 1.165) is 0 Å². The van der Waals surface area contributed by atoms with Gasteiger partial charge >= 0.3 is 0 Å². The quantitative estimate of drug-likeness (QED) is 0.497. The van der Waals surface area contributed by atoms with Gasteiger partial charge in [-0.15, -0.1) is 0 Å². The van der Waals surface area contributed by atoms with Crippen LogP contribution in [0.4, 0.5) is 5.69 Å². The van der Waals surface area contributed by atoms with Crippen LogP contribution in [0.3, 0.4) is 0 Å². The highest BCUT2D eigenvalue weighted by molar-refractivity contribution is 7.92. The van der Waals surface area contributed by atoms with Crippen LogP contribution in [-0.2, 0) is 10.0 Å². The number of nitrogens with one attached hydrogen (secondary N) is 3. The molecule has 20 heavy (non-hydrogen) atoms. The summed E-state index contributed by atoms with van der Waals surface area (Å²) in [5.74, 6) is -0.0686. The molecule has 0 fully saturated rings. The van der Waals surface area contributed by atoms with Crippen LogP contribution in [0.15, 0.2) is 29.2 Å². The van der Waals surface area contributed by atoms with E-state index < -0.39 is 10.0 Å². The van der Waals surface area contributed by atoms with Gasteiger partial charge in [0.05, 0.1) is 11.4 Å². The van der Waals surface area contributed by atoms with Crippen LogP contribution in [-0.4, -0.2) is 24.5 Å². The van der Waals surface area contributed by atoms with Gasteiger partial charge in [-0.2, -0.15) is 5.10 Å². The van der Waals surface area contributed by atoms with Gasteiger partial charge in [0.1, 0.15) is 10.7 Å². The van der Waals surface area contributed by atoms with Crippen molar-refractivity contribution < 1.29 is 8.42 Å². The van der Waals surface area contributed by atoms with Gasteiger partial charge in [0.25, 0.3) is 10.0 Å². The first-order valence-corrected chi connectivity index (χ1v) is 7.28. The Labute approximate surface area is 116 Å². The molecule has 0 unspecified atom stereocenters. The van der Waals surface area contributed by atoms with Crippen molar-refractivity contribution in [1.29, 1.82) is 5.41 Å². The standard InChI is InChI=1S/C12H15N5O2S/c1-7-11(8(2)16-15-7)20(18,19)17-10-5-3-9(4-6-10)12(13)14/h3-6,17H,1-2H3,(H3,13,14)(H,15,16). The fraction of sp³-hybridized carbons (Fsp3) is 0.167. The van der Waals surface area contributed by atoms with Crippen LogP contribution in [0.25, 0.3) is 0 Å². The SMILES string of the molecule is Cc1n[nH]c(C)c1S(=O)(=O)Nc1ccc(C(=N)N)cc1. The van der Waals surface area contributed by atoms with E-state index in [0.29, 0.717) is 22.6 Å². The van der Waals surface area contributed by atoms with Crippen LogP contribution in [0.2, 0.25) is 0 Å². The van der Waals surface area contributed by atoms with Gasteiger partial charge in [-0.3, -0.25) is 15.2 Å². The van der Waals surface area contributed by atoms with Gasteiger partial charge in [-0.05, 0) is 38.1 Å². The van der Waals surface area contributed by atoms with Crippen LogP contribution in [0.5, 0.6) is 0 Å². The molecular weight excluding hydrogens is 278 g/mol. The molecule has 0 saturated heterocycles. The minimum Gasteiger partial charge on any atom is -0.384 e. The molecule has 2 rings (SSSR count). The molecule has 0 saturated carbocycles. The zero-order valence-electron chi connectivity index (χ0n) is 11.1. The summed E-state index contributed by atoms with van der Waals surface area (Å²) in [5.41, 5.74) is 7.16. The number of sulfonamides is 1. The van der Waals surface area contributed by atoms with Crippen molar-refractivity contribution in [3.8, 4) is 0 Å². The van der Waals surface area contributed by atoms with E-state index in [4.69, 9.17) is 11.1 Å². The molecule has 0 radical (unpaired) electrons. The highest BCUT2D eigenvalue weighted by Crippen LogP contribution is 2.20. The van der Waals surface area contributed by atoms with E-state index in [1.54, 1.807) is 38.1 Å². The molecule has 0 amide bonds. The maximum absolute atomic E-state index is 12.3. The average molecular weight is 293 g/mol. The monoisotopic (exact) mass is 293 g/mol. The summed E-state index contributed by atoms with van der Waals surface area (Å²) in [4.78, 5) is 0.146. The minimum absolute atomic E-state index is 0.0686. The smallest absolute Gasteiger partial charge is 0.265 e. The lowest BCUT2D eigenvalue weighted by atomic mass is 10.2. The number of rotatable bonds is 4. The van der Waals surface area contributed by atoms with E-state index in [1.165, 1.54) is 0 Å². The third kappa shape index (κ3) is 2.64. The second kappa shape index (κ2) is 4.97. The number of hydrogen-bond donors (Lipinski definition) is 4. The molecule has 106 valence electrons. The zero-order valence-corrected chi connectivity index (χ0v) is 11.9. The number of aromatic amines is 1. The summed E-state index contributed by atoms with van der Waals surface area (Å²) >= 11 is 0. The maximum atomic E-state index is 12.3. The molecule has 0 bridgehead atoms. The highest BCUT2D eigenvalue weighted by atomic mass is 32.2. The van der Waals surface area contributed by atoms with Crippen LogP contribution in [0.1, 0.15) is 17.0 Å². The Balaban J connectivity index is 2.31. The number of aryl methyl sites for hydroxylation is 2. The lowest BCUT2D eigenvalue weighted by molar-refractivity contribution is 0.600. The van der Waals surface area contributed by atoms with Crippen molar-refractivity contribution in [2.75, 3.05) is 4.72 Å². The van der Waals surface area contributed by atoms with E-state index >= 15 is 0 Å². The normalized spacial score (nSPS) is 11.3. The molecule has 0 aliphatic carbocycles. The molecule has 7 nitrogen and oxygen atoms in total. The number of nitrogen functional groups attached to an aromatic ring is 1. The molecule has 5 N–H and O–H groups in total. The molecule has 0 aliphatic rings. The summed E-state index contributed by atoms with van der Waals surface area (Å²) in [6.07, 6.45) is 0. The van der Waals surface area contributed by atoms with Crippen molar-refractivity contribution >= 4 is 21.5 Å². The lowest BCUT2D eigenvalue weighted by Crippen LogP contribution is -2.15. The summed E-state index contributed by atoms with van der Waals surface area (Å²) in [6.45, 7) is 3.27. The number of H-pyrrole nitrogens is 1. The summed E-state index contributed by atoms with van der Waals surface area (Å²) in [7, 11) is -3.69. The van der Waals surface area contributed by atoms with Crippen LogP contribution in [0, 0.1) is 19.3 Å². The fourth-order valence-electron chi connectivity index (χ4n) is 1.86. The fourth-order valence-corrected chi connectivity index (χ4v) is 3.29. The highest BCUT2D eigenvalue weighted by Gasteiger charge is 2.22. The number of nitrogens with two attached hydrogens (primary N) is 1. The van der Waals surface area contributed by atoms with Gasteiger partial charge in [-0.25, -0.2) is 8.42 Å². The zero-order chi connectivity index (χ0) is 14.9. The largest absolute Gasteiger partial charge is 0.384 e. The van der Waals surface area contributed by atoms with Crippen LogP contribution >= 0.6 is 0 Å². The molecular formula is C12H15N5O2S. The van der Waals surface area contributed by atoms with Crippen molar-refractivity contribution in [2.45, 2.75) is 18.7 Å². The predicted molar refractivity (Wildman–Crippen MR) is 76.3 cm³/mol. The Kier molecular flexibility index (Phi) is 3.49. The maximum Gasteiger partial charge on any atom is 0.265 e. The molecule has 0 atom stereocenters. The summed E-state index contributed by atoms with van der Waals surface area (Å²) < 4.78 is 27.0. The second-order valence-electron chi connectivity index (χ2n) is 4.36. The van der Waals surface area contributed by atoms with Gasteiger partial charge < -0.3 is 5.73 Å². The number of hydrogen-bond acceptors (Lipinski definition) is 4. The third-order valence-corrected chi connectivity index (χ3v) is 4.42. The van der Waals surface area contributed by atoms with E-state index in [9.17, 15) is 8.42 Å². The number of nitrogens with zero attached hydrogens (tertiary/aromatic N) is 1. The predicted octanol–water partition coefficient (Wildman–Crippen LogP) is 1.11. The molecule has 2 aromatic rings. The number of amidine groups is 1. The third-order valence-electron chi connectivity index (χ3n) is 2.78. The number of anilines is 1. The van der Waals surface area contributed by atoms with E-state index in [1.807, 2.05) is 0 Å². The second-order valence-corrected chi connectivity index (χ2v) is 5.98. The van der Waals surface area contributed by atoms with Crippen LogP contribution < -0.4 is 10.5 Å². The first-order valence-electron chi connectivity index (χ1n) is 5.80. The molecule has 1 heterocycles. The minimum atomic E-state index is -3.69. The van der Waals surface area contributed by atoms with Gasteiger partial charge in [-0.1, -0.05) is 0 Å². The van der Waals surface area contributed by atoms with Gasteiger partial charge in [0, 0.05) is 11.3 Å². The van der Waals surface area contributed by atoms with Gasteiger partial charge in [0.2, 0.25) is 0 Å². The Morgan fingerprint density at radius 1 is 1.30 bits per heavy atom. The molecule has 0 spiro atoms. The molecule has 1 aromatic carbocycles. The Morgan fingerprint density at radius 3 is 2.35 bits per heavy atom. The topological polar surface area (TPSA) is 125 Å². The van der Waals surface area contributed by atoms with Crippen molar-refractivity contribution in [1.82, 2.24) is 10.2 Å². The van der Waals surface area contributed by atoms with Crippen molar-refractivity contribution in [2.24, 2.45) is 5.73 Å². The van der Waals surface area contributed by atoms with Gasteiger partial charge in [0.15, 0.2) is 0 Å². The van der Waals surface area contributed by atoms with Crippen molar-refractivity contribution in [3.05, 3.63) is 41.2 Å². The number of benzene rings is 1. The molecule has 1 aromatic heterocycles. The summed E-state index contributed by atoms with van der Waals surface area (Å²) in [5, 5.41) is 13.8. The lowest BCUT2D eigenvalue weighted by Gasteiger charge is -2.08. The van der Waals surface area contributed by atoms with Crippen molar-refractivity contribution in [3.63, 3.8) is 0 Å². The Morgan fingerprint density at radius 2 is 1.90 bits per heavy atom.